The van der Waals surface area contributed by atoms with E-state index in [2.05, 4.69) is 13.8 Å². The lowest BCUT2D eigenvalue weighted by Crippen LogP contribution is -2.48. The second-order valence-electron chi connectivity index (χ2n) is 5.21. The fraction of sp³-hybridized carbons (Fsp3) is 0.923. The Morgan fingerprint density at radius 3 is 2.41 bits per heavy atom. The summed E-state index contributed by atoms with van der Waals surface area (Å²) in [5, 5.41) is 0. The SMILES string of the molecule is CCOC(=O)C(C)(N)CC(C)OCCC(C)C. The highest BCUT2D eigenvalue weighted by molar-refractivity contribution is 5.80. The molecule has 0 amide bonds. The van der Waals surface area contributed by atoms with E-state index in [1.165, 1.54) is 0 Å². The minimum atomic E-state index is -0.965. The summed E-state index contributed by atoms with van der Waals surface area (Å²) in [5.41, 5.74) is 4.96. The summed E-state index contributed by atoms with van der Waals surface area (Å²) in [5.74, 6) is 0.260. The van der Waals surface area contributed by atoms with Crippen LogP contribution in [0.25, 0.3) is 0 Å². The van der Waals surface area contributed by atoms with Crippen LogP contribution in [-0.2, 0) is 14.3 Å². The molecule has 0 aromatic rings. The molecule has 0 bridgehead atoms. The molecular formula is C13H27NO3. The van der Waals surface area contributed by atoms with Gasteiger partial charge in [-0.15, -0.1) is 0 Å². The smallest absolute Gasteiger partial charge is 0.325 e. The number of hydrogen-bond donors (Lipinski definition) is 1. The van der Waals surface area contributed by atoms with E-state index in [1.54, 1.807) is 13.8 Å². The van der Waals surface area contributed by atoms with Gasteiger partial charge in [0.2, 0.25) is 0 Å². The molecule has 0 fully saturated rings. The Kier molecular flexibility index (Phi) is 7.39. The molecule has 2 N–H and O–H groups in total. The standard InChI is InChI=1S/C13H27NO3/c1-6-16-12(15)13(5,14)9-11(4)17-8-7-10(2)3/h10-11H,6-9,14H2,1-5H3. The van der Waals surface area contributed by atoms with Crippen molar-refractivity contribution in [3.8, 4) is 0 Å². The molecule has 0 aliphatic heterocycles. The molecule has 4 nitrogen and oxygen atoms in total. The number of carbonyl (C=O) groups is 1. The quantitative estimate of drug-likeness (QED) is 0.665. The molecule has 0 aromatic carbocycles. The first-order chi connectivity index (χ1) is 7.79. The van der Waals surface area contributed by atoms with Gasteiger partial charge in [0.1, 0.15) is 5.54 Å². The molecule has 17 heavy (non-hydrogen) atoms. The van der Waals surface area contributed by atoms with Crippen LogP contribution in [0.4, 0.5) is 0 Å². The molecule has 0 aliphatic carbocycles. The van der Waals surface area contributed by atoms with Crippen LogP contribution in [0.1, 0.15) is 47.5 Å². The minimum Gasteiger partial charge on any atom is -0.465 e. The zero-order valence-corrected chi connectivity index (χ0v) is 11.8. The maximum Gasteiger partial charge on any atom is 0.325 e. The summed E-state index contributed by atoms with van der Waals surface area (Å²) in [7, 11) is 0. The van der Waals surface area contributed by atoms with Gasteiger partial charge in [-0.2, -0.15) is 0 Å². The van der Waals surface area contributed by atoms with Gasteiger partial charge in [0.05, 0.1) is 12.7 Å². The topological polar surface area (TPSA) is 61.5 Å². The van der Waals surface area contributed by atoms with Gasteiger partial charge >= 0.3 is 5.97 Å². The van der Waals surface area contributed by atoms with Crippen LogP contribution < -0.4 is 5.73 Å². The van der Waals surface area contributed by atoms with Crippen LogP contribution in [0.15, 0.2) is 0 Å². The van der Waals surface area contributed by atoms with Crippen molar-refractivity contribution in [2.24, 2.45) is 11.7 Å². The molecule has 102 valence electrons. The molecular weight excluding hydrogens is 218 g/mol. The Hall–Kier alpha value is -0.610. The van der Waals surface area contributed by atoms with E-state index in [0.717, 1.165) is 6.42 Å². The molecule has 0 rings (SSSR count). The number of esters is 1. The van der Waals surface area contributed by atoms with E-state index in [9.17, 15) is 4.79 Å². The van der Waals surface area contributed by atoms with Gasteiger partial charge in [0.15, 0.2) is 0 Å². The van der Waals surface area contributed by atoms with Crippen molar-refractivity contribution in [2.45, 2.75) is 59.1 Å². The van der Waals surface area contributed by atoms with Gasteiger partial charge in [0, 0.05) is 13.0 Å². The van der Waals surface area contributed by atoms with Crippen molar-refractivity contribution in [1.29, 1.82) is 0 Å². The molecule has 4 heteroatoms. The van der Waals surface area contributed by atoms with Gasteiger partial charge in [-0.05, 0) is 33.1 Å². The van der Waals surface area contributed by atoms with Gasteiger partial charge in [0.25, 0.3) is 0 Å². The van der Waals surface area contributed by atoms with E-state index in [-0.39, 0.29) is 12.1 Å². The monoisotopic (exact) mass is 245 g/mol. The lowest BCUT2D eigenvalue weighted by Gasteiger charge is -2.25. The zero-order valence-electron chi connectivity index (χ0n) is 11.8. The maximum atomic E-state index is 11.6. The average Bonchev–Trinajstić information content (AvgIpc) is 2.16. The zero-order chi connectivity index (χ0) is 13.5. The van der Waals surface area contributed by atoms with Crippen LogP contribution in [0.5, 0.6) is 0 Å². The number of hydrogen-bond acceptors (Lipinski definition) is 4. The van der Waals surface area contributed by atoms with Crippen molar-refractivity contribution in [1.82, 2.24) is 0 Å². The first-order valence-electron chi connectivity index (χ1n) is 6.37. The molecule has 0 aromatic heterocycles. The number of rotatable bonds is 8. The molecule has 0 saturated carbocycles. The number of ether oxygens (including phenoxy) is 2. The Morgan fingerprint density at radius 1 is 1.35 bits per heavy atom. The highest BCUT2D eigenvalue weighted by Crippen LogP contribution is 2.14. The van der Waals surface area contributed by atoms with E-state index in [4.69, 9.17) is 15.2 Å². The van der Waals surface area contributed by atoms with Crippen molar-refractivity contribution in [2.75, 3.05) is 13.2 Å². The van der Waals surface area contributed by atoms with Crippen molar-refractivity contribution >= 4 is 5.97 Å². The number of nitrogens with two attached hydrogens (primary N) is 1. The van der Waals surface area contributed by atoms with E-state index in [0.29, 0.717) is 25.6 Å². The molecule has 0 radical (unpaired) electrons. The van der Waals surface area contributed by atoms with Crippen LogP contribution in [0, 0.1) is 5.92 Å². The molecule has 2 atom stereocenters. The fourth-order valence-electron chi connectivity index (χ4n) is 1.54. The first-order valence-corrected chi connectivity index (χ1v) is 6.37. The van der Waals surface area contributed by atoms with Crippen LogP contribution in [0.3, 0.4) is 0 Å². The predicted molar refractivity (Wildman–Crippen MR) is 68.7 cm³/mol. The third-order valence-corrected chi connectivity index (χ3v) is 2.55. The number of carbonyl (C=O) groups excluding carboxylic acids is 1. The highest BCUT2D eigenvalue weighted by Gasteiger charge is 2.32. The van der Waals surface area contributed by atoms with Crippen molar-refractivity contribution in [3.05, 3.63) is 0 Å². The Bertz CT molecular complexity index is 227. The van der Waals surface area contributed by atoms with Crippen LogP contribution in [-0.4, -0.2) is 30.8 Å². The third-order valence-electron chi connectivity index (χ3n) is 2.55. The van der Waals surface area contributed by atoms with Gasteiger partial charge in [-0.1, -0.05) is 13.8 Å². The molecule has 0 heterocycles. The summed E-state index contributed by atoms with van der Waals surface area (Å²) in [6.07, 6.45) is 1.46. The normalized spacial score (nSPS) is 16.6. The molecule has 0 saturated heterocycles. The summed E-state index contributed by atoms with van der Waals surface area (Å²) in [6, 6.07) is 0. The third kappa shape index (κ3) is 7.34. The van der Waals surface area contributed by atoms with Gasteiger partial charge < -0.3 is 15.2 Å². The summed E-state index contributed by atoms with van der Waals surface area (Å²) < 4.78 is 10.6. The predicted octanol–water partition coefficient (Wildman–Crippen LogP) is 2.11. The second-order valence-corrected chi connectivity index (χ2v) is 5.21. The van der Waals surface area contributed by atoms with Crippen LogP contribution in [0.2, 0.25) is 0 Å². The van der Waals surface area contributed by atoms with E-state index < -0.39 is 5.54 Å². The summed E-state index contributed by atoms with van der Waals surface area (Å²) in [4.78, 5) is 11.6. The largest absolute Gasteiger partial charge is 0.465 e. The van der Waals surface area contributed by atoms with Crippen LogP contribution >= 0.6 is 0 Å². The Labute approximate surface area is 105 Å². The molecule has 2 unspecified atom stereocenters. The lowest BCUT2D eigenvalue weighted by atomic mass is 9.96. The Balaban J connectivity index is 4.00. The minimum absolute atomic E-state index is 0.0341. The maximum absolute atomic E-state index is 11.6. The van der Waals surface area contributed by atoms with Crippen molar-refractivity contribution < 1.29 is 14.3 Å². The molecule has 0 spiro atoms. The van der Waals surface area contributed by atoms with Gasteiger partial charge in [-0.25, -0.2) is 0 Å². The Morgan fingerprint density at radius 2 is 1.94 bits per heavy atom. The summed E-state index contributed by atoms with van der Waals surface area (Å²) in [6.45, 7) is 10.8. The lowest BCUT2D eigenvalue weighted by molar-refractivity contribution is -0.150. The fourth-order valence-corrected chi connectivity index (χ4v) is 1.54. The van der Waals surface area contributed by atoms with Crippen molar-refractivity contribution in [3.63, 3.8) is 0 Å². The molecule has 0 aliphatic rings. The van der Waals surface area contributed by atoms with E-state index in [1.807, 2.05) is 6.92 Å². The summed E-state index contributed by atoms with van der Waals surface area (Å²) >= 11 is 0. The average molecular weight is 245 g/mol. The highest BCUT2D eigenvalue weighted by atomic mass is 16.5. The van der Waals surface area contributed by atoms with Gasteiger partial charge in [-0.3, -0.25) is 4.79 Å². The second kappa shape index (κ2) is 7.67. The first kappa shape index (κ1) is 16.4. The van der Waals surface area contributed by atoms with E-state index >= 15 is 0 Å².